The second-order valence-electron chi connectivity index (χ2n) is 5.18. The zero-order valence-electron chi connectivity index (χ0n) is 9.78. The standard InChI is InChI=1S/C14H20N2/c1-3-12-4-2-9-16-14(12)13(5-1)15-10-8-11-6-7-11/h2,4,9,11,13,15H,1,3,5-8,10H2. The van der Waals surface area contributed by atoms with Gasteiger partial charge in [0.25, 0.3) is 0 Å². The van der Waals surface area contributed by atoms with Crippen molar-refractivity contribution in [2.45, 2.75) is 44.6 Å². The first kappa shape index (κ1) is 10.3. The normalized spacial score (nSPS) is 24.1. The largest absolute Gasteiger partial charge is 0.309 e. The Balaban J connectivity index is 1.62. The molecule has 0 radical (unpaired) electrons. The Labute approximate surface area is 97.5 Å². The maximum Gasteiger partial charge on any atom is 0.0605 e. The molecule has 3 rings (SSSR count). The van der Waals surface area contributed by atoms with Crippen LogP contribution in [0.4, 0.5) is 0 Å². The quantitative estimate of drug-likeness (QED) is 0.837. The van der Waals surface area contributed by atoms with Crippen LogP contribution in [0.3, 0.4) is 0 Å². The molecule has 0 bridgehead atoms. The second-order valence-corrected chi connectivity index (χ2v) is 5.18. The van der Waals surface area contributed by atoms with Crippen molar-refractivity contribution in [1.82, 2.24) is 10.3 Å². The number of hydrogen-bond acceptors (Lipinski definition) is 2. The van der Waals surface area contributed by atoms with Crippen LogP contribution in [0.25, 0.3) is 0 Å². The van der Waals surface area contributed by atoms with Crippen molar-refractivity contribution in [1.29, 1.82) is 0 Å². The summed E-state index contributed by atoms with van der Waals surface area (Å²) < 4.78 is 0. The molecule has 2 aliphatic carbocycles. The molecule has 1 saturated carbocycles. The van der Waals surface area contributed by atoms with Gasteiger partial charge in [-0.2, -0.15) is 0 Å². The molecule has 1 aromatic heterocycles. The van der Waals surface area contributed by atoms with E-state index in [1.165, 1.54) is 56.3 Å². The molecule has 1 N–H and O–H groups in total. The van der Waals surface area contributed by atoms with Crippen molar-refractivity contribution in [3.63, 3.8) is 0 Å². The molecular weight excluding hydrogens is 196 g/mol. The summed E-state index contributed by atoms with van der Waals surface area (Å²) in [5.74, 6) is 1.03. The molecule has 0 amide bonds. The van der Waals surface area contributed by atoms with Crippen LogP contribution in [0.15, 0.2) is 18.3 Å². The predicted molar refractivity (Wildman–Crippen MR) is 65.3 cm³/mol. The molecule has 16 heavy (non-hydrogen) atoms. The van der Waals surface area contributed by atoms with Gasteiger partial charge in [0, 0.05) is 12.2 Å². The van der Waals surface area contributed by atoms with Crippen molar-refractivity contribution >= 4 is 0 Å². The monoisotopic (exact) mass is 216 g/mol. The van der Waals surface area contributed by atoms with Gasteiger partial charge < -0.3 is 5.32 Å². The van der Waals surface area contributed by atoms with Gasteiger partial charge in [-0.3, -0.25) is 4.98 Å². The Morgan fingerprint density at radius 2 is 2.25 bits per heavy atom. The first-order valence-corrected chi connectivity index (χ1v) is 6.60. The number of fused-ring (bicyclic) bond motifs is 1. The number of rotatable bonds is 4. The lowest BCUT2D eigenvalue weighted by Crippen LogP contribution is -2.27. The van der Waals surface area contributed by atoms with Gasteiger partial charge in [-0.05, 0) is 49.8 Å². The maximum absolute atomic E-state index is 4.55. The first-order valence-electron chi connectivity index (χ1n) is 6.60. The summed E-state index contributed by atoms with van der Waals surface area (Å²) in [5, 5.41) is 3.69. The van der Waals surface area contributed by atoms with Crippen molar-refractivity contribution < 1.29 is 0 Å². The average Bonchev–Trinajstić information content (AvgIpc) is 3.13. The van der Waals surface area contributed by atoms with Gasteiger partial charge in [0.1, 0.15) is 0 Å². The summed E-state index contributed by atoms with van der Waals surface area (Å²) in [5.41, 5.74) is 2.77. The summed E-state index contributed by atoms with van der Waals surface area (Å²) in [6.07, 6.45) is 9.99. The lowest BCUT2D eigenvalue weighted by atomic mass is 9.92. The third kappa shape index (κ3) is 2.27. The van der Waals surface area contributed by atoms with Gasteiger partial charge in [-0.15, -0.1) is 0 Å². The Bertz CT molecular complexity index is 358. The number of nitrogens with zero attached hydrogens (tertiary/aromatic N) is 1. The molecule has 1 unspecified atom stereocenters. The van der Waals surface area contributed by atoms with Gasteiger partial charge in [-0.25, -0.2) is 0 Å². The van der Waals surface area contributed by atoms with Crippen LogP contribution in [0, 0.1) is 5.92 Å². The van der Waals surface area contributed by atoms with E-state index >= 15 is 0 Å². The van der Waals surface area contributed by atoms with E-state index < -0.39 is 0 Å². The Hall–Kier alpha value is -0.890. The van der Waals surface area contributed by atoms with Crippen LogP contribution in [-0.4, -0.2) is 11.5 Å². The molecule has 0 aromatic carbocycles. The molecule has 2 nitrogen and oxygen atoms in total. The van der Waals surface area contributed by atoms with Gasteiger partial charge in [0.2, 0.25) is 0 Å². The highest BCUT2D eigenvalue weighted by Gasteiger charge is 2.23. The summed E-state index contributed by atoms with van der Waals surface area (Å²) in [4.78, 5) is 4.55. The lowest BCUT2D eigenvalue weighted by Gasteiger charge is -2.25. The van der Waals surface area contributed by atoms with Crippen molar-refractivity contribution in [2.24, 2.45) is 5.92 Å². The molecule has 0 spiro atoms. The van der Waals surface area contributed by atoms with E-state index in [4.69, 9.17) is 0 Å². The molecule has 0 saturated heterocycles. The minimum absolute atomic E-state index is 0.517. The van der Waals surface area contributed by atoms with Crippen molar-refractivity contribution in [3.05, 3.63) is 29.6 Å². The van der Waals surface area contributed by atoms with E-state index in [9.17, 15) is 0 Å². The zero-order valence-corrected chi connectivity index (χ0v) is 9.78. The van der Waals surface area contributed by atoms with Crippen LogP contribution in [0.1, 0.15) is 49.4 Å². The van der Waals surface area contributed by atoms with E-state index in [0.29, 0.717) is 6.04 Å². The van der Waals surface area contributed by atoms with Gasteiger partial charge in [0.15, 0.2) is 0 Å². The van der Waals surface area contributed by atoms with E-state index in [-0.39, 0.29) is 0 Å². The van der Waals surface area contributed by atoms with Crippen molar-refractivity contribution in [3.8, 4) is 0 Å². The van der Waals surface area contributed by atoms with Gasteiger partial charge in [-0.1, -0.05) is 18.9 Å². The Morgan fingerprint density at radius 3 is 3.12 bits per heavy atom. The number of nitrogens with one attached hydrogen (secondary N) is 1. The topological polar surface area (TPSA) is 24.9 Å². The predicted octanol–water partition coefficient (Wildman–Crippen LogP) is 2.85. The van der Waals surface area contributed by atoms with Crippen LogP contribution in [-0.2, 0) is 6.42 Å². The fraction of sp³-hybridized carbons (Fsp3) is 0.643. The van der Waals surface area contributed by atoms with E-state index in [1.807, 2.05) is 6.20 Å². The molecule has 1 fully saturated rings. The molecular formula is C14H20N2. The number of hydrogen-bond donors (Lipinski definition) is 1. The Kier molecular flexibility index (Phi) is 2.92. The van der Waals surface area contributed by atoms with Crippen molar-refractivity contribution in [2.75, 3.05) is 6.54 Å². The number of aryl methyl sites for hydroxylation is 1. The number of pyridine rings is 1. The van der Waals surface area contributed by atoms with Gasteiger partial charge >= 0.3 is 0 Å². The van der Waals surface area contributed by atoms with E-state index in [0.717, 1.165) is 5.92 Å². The third-order valence-electron chi connectivity index (χ3n) is 3.84. The highest BCUT2D eigenvalue weighted by Crippen LogP contribution is 2.32. The fourth-order valence-corrected chi connectivity index (χ4v) is 2.68. The second kappa shape index (κ2) is 4.54. The maximum atomic E-state index is 4.55. The van der Waals surface area contributed by atoms with Crippen LogP contribution in [0.2, 0.25) is 0 Å². The van der Waals surface area contributed by atoms with Crippen LogP contribution in [0.5, 0.6) is 0 Å². The molecule has 0 aliphatic heterocycles. The first-order chi connectivity index (χ1) is 7.93. The summed E-state index contributed by atoms with van der Waals surface area (Å²) in [7, 11) is 0. The minimum Gasteiger partial charge on any atom is -0.309 e. The zero-order chi connectivity index (χ0) is 10.8. The summed E-state index contributed by atoms with van der Waals surface area (Å²) in [6.45, 7) is 1.17. The molecule has 1 aromatic rings. The Morgan fingerprint density at radius 1 is 1.31 bits per heavy atom. The third-order valence-corrected chi connectivity index (χ3v) is 3.84. The van der Waals surface area contributed by atoms with Crippen LogP contribution < -0.4 is 5.32 Å². The molecule has 1 heterocycles. The SMILES string of the molecule is c1cnc2c(c1)CCCC2NCCC1CC1. The fourth-order valence-electron chi connectivity index (χ4n) is 2.68. The summed E-state index contributed by atoms with van der Waals surface area (Å²) in [6, 6.07) is 4.81. The van der Waals surface area contributed by atoms with Gasteiger partial charge in [0.05, 0.1) is 5.69 Å². The highest BCUT2D eigenvalue weighted by atomic mass is 14.9. The minimum atomic E-state index is 0.517. The smallest absolute Gasteiger partial charge is 0.0605 e. The summed E-state index contributed by atoms with van der Waals surface area (Å²) >= 11 is 0. The number of aromatic nitrogens is 1. The van der Waals surface area contributed by atoms with Crippen LogP contribution >= 0.6 is 0 Å². The molecule has 2 aliphatic rings. The molecule has 2 heteroatoms. The highest BCUT2D eigenvalue weighted by molar-refractivity contribution is 5.25. The molecule has 86 valence electrons. The lowest BCUT2D eigenvalue weighted by molar-refractivity contribution is 0.439. The molecule has 1 atom stereocenters. The van der Waals surface area contributed by atoms with E-state index in [1.54, 1.807) is 0 Å². The van der Waals surface area contributed by atoms with E-state index in [2.05, 4.69) is 22.4 Å². The average molecular weight is 216 g/mol.